The summed E-state index contributed by atoms with van der Waals surface area (Å²) in [6, 6.07) is 15.4. The van der Waals surface area contributed by atoms with Crippen LogP contribution in [0.5, 0.6) is 0 Å². The van der Waals surface area contributed by atoms with E-state index in [9.17, 15) is 9.59 Å². The maximum atomic E-state index is 12.5. The Bertz CT molecular complexity index is 1320. The minimum absolute atomic E-state index is 0.0517. The number of hydrogen-bond acceptors (Lipinski definition) is 2. The fourth-order valence-electron chi connectivity index (χ4n) is 3.72. The van der Waals surface area contributed by atoms with Gasteiger partial charge < -0.3 is 10.6 Å². The smallest absolute Gasteiger partial charge is 0.221 e. The molecule has 4 nitrogen and oxygen atoms in total. The van der Waals surface area contributed by atoms with E-state index >= 15 is 0 Å². The van der Waals surface area contributed by atoms with Crippen LogP contribution in [0.1, 0.15) is 88.5 Å². The average Bonchev–Trinajstić information content (AvgIpc) is 2.86. The third-order valence-corrected chi connectivity index (χ3v) is 5.63. The molecule has 3 rings (SSSR count). The van der Waals surface area contributed by atoms with Gasteiger partial charge in [0.05, 0.1) is 11.1 Å². The zero-order chi connectivity index (χ0) is 27.4. The van der Waals surface area contributed by atoms with Crippen LogP contribution in [0.15, 0.2) is 48.5 Å². The Labute approximate surface area is 227 Å². The summed E-state index contributed by atoms with van der Waals surface area (Å²) < 4.78 is 0. The normalized spacial score (nSPS) is 17.3. The molecule has 2 aromatic carbocycles. The van der Waals surface area contributed by atoms with Crippen LogP contribution >= 0.6 is 0 Å². The van der Waals surface area contributed by atoms with E-state index in [1.54, 1.807) is 0 Å². The standard InChI is InChI=1S/C34H34N2O2/c1-33(2)25-23-29-19-13-11-17-27(29)15-8-6-10-22-32(38)36-34(3,4)26-24-30-20-14-12-18-28(30)16-7-5-9-21-31(37)35-33/h11-14,17-20H,5-6,9-10,21-22H2,1-4H3,(H,35,37)(H,36,38). The van der Waals surface area contributed by atoms with E-state index in [0.29, 0.717) is 38.5 Å². The topological polar surface area (TPSA) is 58.2 Å². The molecule has 2 amide bonds. The van der Waals surface area contributed by atoms with Crippen LogP contribution in [0, 0.1) is 47.4 Å². The third-order valence-electron chi connectivity index (χ3n) is 5.63. The van der Waals surface area contributed by atoms with E-state index < -0.39 is 11.1 Å². The number of carbonyl (C=O) groups excluding carboxylic acids is 2. The Morgan fingerprint density at radius 1 is 0.579 bits per heavy atom. The van der Waals surface area contributed by atoms with E-state index in [0.717, 1.165) is 22.3 Å². The predicted molar refractivity (Wildman–Crippen MR) is 153 cm³/mol. The second-order valence-electron chi connectivity index (χ2n) is 10.2. The van der Waals surface area contributed by atoms with Crippen LogP contribution in [-0.2, 0) is 9.59 Å². The van der Waals surface area contributed by atoms with Crippen LogP contribution in [0.25, 0.3) is 0 Å². The van der Waals surface area contributed by atoms with Gasteiger partial charge in [0, 0.05) is 47.9 Å². The molecule has 0 radical (unpaired) electrons. The summed E-state index contributed by atoms with van der Waals surface area (Å²) >= 11 is 0. The van der Waals surface area contributed by atoms with Crippen LogP contribution in [0.4, 0.5) is 0 Å². The Hall–Kier alpha value is -4.38. The lowest BCUT2D eigenvalue weighted by molar-refractivity contribution is -0.123. The van der Waals surface area contributed by atoms with Crippen molar-refractivity contribution in [1.82, 2.24) is 10.6 Å². The quantitative estimate of drug-likeness (QED) is 0.502. The first-order chi connectivity index (χ1) is 18.1. The lowest BCUT2D eigenvalue weighted by Crippen LogP contribution is -2.42. The molecular formula is C34H34N2O2. The summed E-state index contributed by atoms with van der Waals surface area (Å²) in [6.45, 7) is 7.56. The van der Waals surface area contributed by atoms with Gasteiger partial charge in [0.25, 0.3) is 0 Å². The highest BCUT2D eigenvalue weighted by Gasteiger charge is 2.18. The van der Waals surface area contributed by atoms with Crippen molar-refractivity contribution >= 4 is 11.8 Å². The first kappa shape index (κ1) is 28.2. The molecule has 1 aliphatic rings. The van der Waals surface area contributed by atoms with Gasteiger partial charge >= 0.3 is 0 Å². The minimum Gasteiger partial charge on any atom is -0.340 e. The average molecular weight is 503 g/mol. The number of carbonyl (C=O) groups is 2. The third kappa shape index (κ3) is 9.58. The van der Waals surface area contributed by atoms with Gasteiger partial charge in [-0.3, -0.25) is 9.59 Å². The van der Waals surface area contributed by atoms with Crippen molar-refractivity contribution in [2.24, 2.45) is 0 Å². The van der Waals surface area contributed by atoms with Crippen molar-refractivity contribution < 1.29 is 9.59 Å². The predicted octanol–water partition coefficient (Wildman–Crippen LogP) is 4.94. The zero-order valence-electron chi connectivity index (χ0n) is 22.7. The molecule has 0 bridgehead atoms. The summed E-state index contributed by atoms with van der Waals surface area (Å²) in [5.74, 6) is 25.3. The highest BCUT2D eigenvalue weighted by Crippen LogP contribution is 2.11. The zero-order valence-corrected chi connectivity index (χ0v) is 22.7. The number of amides is 2. The molecule has 2 N–H and O–H groups in total. The summed E-state index contributed by atoms with van der Waals surface area (Å²) in [7, 11) is 0. The van der Waals surface area contributed by atoms with E-state index in [-0.39, 0.29) is 11.8 Å². The summed E-state index contributed by atoms with van der Waals surface area (Å²) in [4.78, 5) is 25.1. The molecule has 0 saturated heterocycles. The summed E-state index contributed by atoms with van der Waals surface area (Å²) in [5, 5.41) is 6.02. The monoisotopic (exact) mass is 502 g/mol. The molecule has 2 aromatic rings. The van der Waals surface area contributed by atoms with Gasteiger partial charge in [0.2, 0.25) is 11.8 Å². The molecule has 0 spiro atoms. The summed E-state index contributed by atoms with van der Waals surface area (Å²) in [5.41, 5.74) is 1.91. The van der Waals surface area contributed by atoms with Crippen molar-refractivity contribution in [1.29, 1.82) is 0 Å². The van der Waals surface area contributed by atoms with Gasteiger partial charge in [0.15, 0.2) is 0 Å². The Balaban J connectivity index is 1.84. The largest absolute Gasteiger partial charge is 0.340 e. The van der Waals surface area contributed by atoms with E-state index in [1.807, 2.05) is 76.2 Å². The molecule has 0 fully saturated rings. The Morgan fingerprint density at radius 2 is 0.921 bits per heavy atom. The lowest BCUT2D eigenvalue weighted by Gasteiger charge is -2.19. The fraction of sp³-hybridized carbons (Fsp3) is 0.353. The molecule has 4 heteroatoms. The van der Waals surface area contributed by atoms with Gasteiger partial charge in [-0.05, 0) is 64.8 Å². The molecule has 0 saturated carbocycles. The molecule has 192 valence electrons. The number of nitrogens with one attached hydrogen (secondary N) is 2. The van der Waals surface area contributed by atoms with Crippen LogP contribution in [-0.4, -0.2) is 22.9 Å². The van der Waals surface area contributed by atoms with E-state index in [2.05, 4.69) is 58.0 Å². The molecule has 0 aliphatic carbocycles. The van der Waals surface area contributed by atoms with Gasteiger partial charge in [-0.1, -0.05) is 71.6 Å². The summed E-state index contributed by atoms with van der Waals surface area (Å²) in [6.07, 6.45) is 3.22. The molecule has 0 atom stereocenters. The van der Waals surface area contributed by atoms with E-state index in [1.165, 1.54) is 0 Å². The molecule has 1 heterocycles. The molecule has 0 unspecified atom stereocenters. The van der Waals surface area contributed by atoms with Crippen LogP contribution < -0.4 is 10.6 Å². The first-order valence-electron chi connectivity index (χ1n) is 13.0. The van der Waals surface area contributed by atoms with Crippen molar-refractivity contribution in [2.75, 3.05) is 0 Å². The second-order valence-corrected chi connectivity index (χ2v) is 10.2. The number of benzene rings is 2. The Morgan fingerprint density at radius 3 is 1.29 bits per heavy atom. The highest BCUT2D eigenvalue weighted by molar-refractivity contribution is 5.78. The van der Waals surface area contributed by atoms with Crippen molar-refractivity contribution in [3.63, 3.8) is 0 Å². The maximum Gasteiger partial charge on any atom is 0.221 e. The second kappa shape index (κ2) is 13.2. The van der Waals surface area contributed by atoms with Crippen LogP contribution in [0.2, 0.25) is 0 Å². The van der Waals surface area contributed by atoms with Gasteiger partial charge in [0.1, 0.15) is 0 Å². The fourth-order valence-corrected chi connectivity index (χ4v) is 3.72. The SMILES string of the molecule is CC1(C)C#Cc2ccccc2C#CCCCC(=O)NC(C)(C)C#Cc2ccccc2C#CCCCC(=O)N1. The highest BCUT2D eigenvalue weighted by atomic mass is 16.2. The van der Waals surface area contributed by atoms with E-state index in [4.69, 9.17) is 0 Å². The molecule has 0 aromatic heterocycles. The molecule has 1 aliphatic heterocycles. The van der Waals surface area contributed by atoms with Crippen molar-refractivity contribution in [2.45, 2.75) is 77.3 Å². The van der Waals surface area contributed by atoms with Crippen LogP contribution in [0.3, 0.4) is 0 Å². The van der Waals surface area contributed by atoms with Gasteiger partial charge in [-0.15, -0.1) is 0 Å². The number of fused-ring (bicyclic) bond motifs is 2. The van der Waals surface area contributed by atoms with Crippen molar-refractivity contribution in [3.8, 4) is 47.4 Å². The maximum absolute atomic E-state index is 12.5. The van der Waals surface area contributed by atoms with Crippen molar-refractivity contribution in [3.05, 3.63) is 70.8 Å². The first-order valence-corrected chi connectivity index (χ1v) is 13.0. The Kier molecular flexibility index (Phi) is 9.83. The molecular weight excluding hydrogens is 468 g/mol. The number of rotatable bonds is 0. The minimum atomic E-state index is -0.685. The van der Waals surface area contributed by atoms with Gasteiger partial charge in [-0.25, -0.2) is 0 Å². The lowest BCUT2D eigenvalue weighted by atomic mass is 10.0. The van der Waals surface area contributed by atoms with Gasteiger partial charge in [-0.2, -0.15) is 0 Å². The molecule has 38 heavy (non-hydrogen) atoms. The number of hydrogen-bond donors (Lipinski definition) is 2.